The Morgan fingerprint density at radius 3 is 2.66 bits per heavy atom. The molecule has 6 nitrogen and oxygen atoms in total. The second kappa shape index (κ2) is 7.41. The van der Waals surface area contributed by atoms with Gasteiger partial charge in [-0.15, -0.1) is 0 Å². The van der Waals surface area contributed by atoms with Crippen molar-refractivity contribution >= 4 is 5.91 Å². The van der Waals surface area contributed by atoms with E-state index >= 15 is 0 Å². The molecule has 0 spiro atoms. The summed E-state index contributed by atoms with van der Waals surface area (Å²) >= 11 is 0. The maximum absolute atomic E-state index is 13.1. The summed E-state index contributed by atoms with van der Waals surface area (Å²) in [7, 11) is 0. The maximum atomic E-state index is 13.1. The zero-order valence-corrected chi connectivity index (χ0v) is 16.5. The Morgan fingerprint density at radius 2 is 1.90 bits per heavy atom. The fourth-order valence-electron chi connectivity index (χ4n) is 5.42. The number of likely N-dealkylation sites (tertiary alicyclic amines) is 1. The van der Waals surface area contributed by atoms with E-state index < -0.39 is 0 Å². The Labute approximate surface area is 170 Å². The molecule has 1 N–H and O–H groups in total. The van der Waals surface area contributed by atoms with Gasteiger partial charge in [0.2, 0.25) is 5.91 Å². The molecule has 152 valence electrons. The van der Waals surface area contributed by atoms with E-state index in [9.17, 15) is 14.7 Å². The molecular formula is C23H27N3O3. The molecular weight excluding hydrogens is 366 g/mol. The van der Waals surface area contributed by atoms with Crippen LogP contribution < -0.4 is 5.56 Å². The van der Waals surface area contributed by atoms with Crippen LogP contribution in [0.1, 0.15) is 43.7 Å². The number of carbonyl (C=O) groups excluding carboxylic acids is 1. The summed E-state index contributed by atoms with van der Waals surface area (Å²) in [6.07, 6.45) is 7.32. The first kappa shape index (κ1) is 18.6. The van der Waals surface area contributed by atoms with E-state index in [2.05, 4.69) is 11.1 Å². The first-order valence-corrected chi connectivity index (χ1v) is 10.7. The van der Waals surface area contributed by atoms with Gasteiger partial charge in [0.25, 0.3) is 5.56 Å². The second-order valence-electron chi connectivity index (χ2n) is 8.91. The van der Waals surface area contributed by atoms with Crippen molar-refractivity contribution in [3.05, 3.63) is 52.7 Å². The first-order valence-electron chi connectivity index (χ1n) is 10.7. The van der Waals surface area contributed by atoms with Gasteiger partial charge in [-0.2, -0.15) is 0 Å². The van der Waals surface area contributed by atoms with Gasteiger partial charge < -0.3 is 14.6 Å². The molecule has 1 saturated heterocycles. The fourth-order valence-corrected chi connectivity index (χ4v) is 5.42. The number of aromatic nitrogens is 2. The number of aliphatic hydroxyl groups is 1. The van der Waals surface area contributed by atoms with E-state index in [1.54, 1.807) is 18.5 Å². The monoisotopic (exact) mass is 393 g/mol. The van der Waals surface area contributed by atoms with Gasteiger partial charge in [0.05, 0.1) is 6.10 Å². The molecule has 0 radical (unpaired) electrons. The number of carbonyl (C=O) groups is 1. The molecule has 2 aromatic rings. The highest BCUT2D eigenvalue weighted by Crippen LogP contribution is 2.38. The Balaban J connectivity index is 1.41. The van der Waals surface area contributed by atoms with Crippen LogP contribution in [-0.2, 0) is 11.3 Å². The number of fused-ring (bicyclic) bond motifs is 4. The number of piperidine rings is 1. The fraction of sp³-hybridized carbons (Fsp3) is 0.522. The molecule has 1 aliphatic carbocycles. The SMILES string of the molecule is O=C(C1CCC(O)CC1)N1C[C@@H]2C[C@H](C1)c1cc(-c3cccnc3)cc(=O)n1C2. The zero-order chi connectivity index (χ0) is 20.0. The van der Waals surface area contributed by atoms with Crippen molar-refractivity contribution in [2.24, 2.45) is 11.8 Å². The van der Waals surface area contributed by atoms with Crippen LogP contribution in [0, 0.1) is 11.8 Å². The van der Waals surface area contributed by atoms with E-state index in [-0.39, 0.29) is 29.4 Å². The largest absolute Gasteiger partial charge is 0.393 e. The maximum Gasteiger partial charge on any atom is 0.251 e. The van der Waals surface area contributed by atoms with E-state index in [1.807, 2.05) is 21.6 Å². The highest BCUT2D eigenvalue weighted by atomic mass is 16.3. The van der Waals surface area contributed by atoms with Gasteiger partial charge >= 0.3 is 0 Å². The summed E-state index contributed by atoms with van der Waals surface area (Å²) in [5.74, 6) is 0.818. The lowest BCUT2D eigenvalue weighted by molar-refractivity contribution is -0.140. The summed E-state index contributed by atoms with van der Waals surface area (Å²) in [5, 5.41) is 9.74. The number of rotatable bonds is 2. The molecule has 4 heterocycles. The normalized spacial score (nSPS) is 28.7. The van der Waals surface area contributed by atoms with Crippen LogP contribution >= 0.6 is 0 Å². The first-order chi connectivity index (χ1) is 14.1. The molecule has 2 aromatic heterocycles. The summed E-state index contributed by atoms with van der Waals surface area (Å²) in [4.78, 5) is 32.2. The number of aliphatic hydroxyl groups excluding tert-OH is 1. The Bertz CT molecular complexity index is 963. The van der Waals surface area contributed by atoms with E-state index in [0.29, 0.717) is 19.0 Å². The molecule has 2 fully saturated rings. The lowest BCUT2D eigenvalue weighted by Crippen LogP contribution is -2.51. The molecule has 29 heavy (non-hydrogen) atoms. The molecule has 0 aromatic carbocycles. The van der Waals surface area contributed by atoms with E-state index in [0.717, 1.165) is 55.5 Å². The Hall–Kier alpha value is -2.47. The summed E-state index contributed by atoms with van der Waals surface area (Å²) in [5.41, 5.74) is 2.93. The van der Waals surface area contributed by atoms with Crippen molar-refractivity contribution in [1.82, 2.24) is 14.5 Å². The van der Waals surface area contributed by atoms with Crippen LogP contribution in [0.15, 0.2) is 41.5 Å². The van der Waals surface area contributed by atoms with Crippen molar-refractivity contribution in [2.75, 3.05) is 13.1 Å². The summed E-state index contributed by atoms with van der Waals surface area (Å²) < 4.78 is 1.91. The minimum absolute atomic E-state index is 0.0390. The van der Waals surface area contributed by atoms with Gasteiger partial charge in [0.1, 0.15) is 0 Å². The predicted octanol–water partition coefficient (Wildman–Crippen LogP) is 2.41. The number of amides is 1. The molecule has 5 rings (SSSR count). The van der Waals surface area contributed by atoms with E-state index in [1.165, 1.54) is 0 Å². The van der Waals surface area contributed by atoms with Gasteiger partial charge in [-0.1, -0.05) is 6.07 Å². The van der Waals surface area contributed by atoms with Gasteiger partial charge in [-0.3, -0.25) is 14.6 Å². The third-order valence-electron chi connectivity index (χ3n) is 6.91. The summed E-state index contributed by atoms with van der Waals surface area (Å²) in [6.45, 7) is 2.11. The molecule has 1 amide bonds. The van der Waals surface area contributed by atoms with Crippen molar-refractivity contribution in [3.8, 4) is 11.1 Å². The number of hydrogen-bond donors (Lipinski definition) is 1. The predicted molar refractivity (Wildman–Crippen MR) is 109 cm³/mol. The smallest absolute Gasteiger partial charge is 0.251 e. The van der Waals surface area contributed by atoms with Crippen LogP contribution in [0.25, 0.3) is 11.1 Å². The van der Waals surface area contributed by atoms with Crippen molar-refractivity contribution < 1.29 is 9.90 Å². The van der Waals surface area contributed by atoms with Crippen LogP contribution in [0.4, 0.5) is 0 Å². The second-order valence-corrected chi connectivity index (χ2v) is 8.91. The highest BCUT2D eigenvalue weighted by molar-refractivity contribution is 5.79. The van der Waals surface area contributed by atoms with Crippen molar-refractivity contribution in [1.29, 1.82) is 0 Å². The highest BCUT2D eigenvalue weighted by Gasteiger charge is 2.38. The lowest BCUT2D eigenvalue weighted by atomic mass is 9.80. The van der Waals surface area contributed by atoms with Crippen molar-refractivity contribution in [2.45, 2.75) is 50.7 Å². The van der Waals surface area contributed by atoms with Crippen LogP contribution in [0.2, 0.25) is 0 Å². The minimum atomic E-state index is -0.246. The van der Waals surface area contributed by atoms with Crippen LogP contribution in [0.5, 0.6) is 0 Å². The standard InChI is InChI=1S/C23H27N3O3/c27-20-5-3-16(4-6-20)23(29)25-12-15-8-19(14-25)21-9-18(10-22(28)26(21)13-15)17-2-1-7-24-11-17/h1-2,7,9-11,15-16,19-20,27H,3-6,8,12-14H2/t15-,16?,19+,20?/m0/s1. The number of hydrogen-bond acceptors (Lipinski definition) is 4. The molecule has 2 bridgehead atoms. The van der Waals surface area contributed by atoms with Gasteiger partial charge in [0.15, 0.2) is 0 Å². The van der Waals surface area contributed by atoms with Gasteiger partial charge in [-0.25, -0.2) is 0 Å². The van der Waals surface area contributed by atoms with Crippen LogP contribution in [-0.4, -0.2) is 44.7 Å². The third-order valence-corrected chi connectivity index (χ3v) is 6.91. The Morgan fingerprint density at radius 1 is 1.07 bits per heavy atom. The minimum Gasteiger partial charge on any atom is -0.393 e. The molecule has 0 unspecified atom stereocenters. The zero-order valence-electron chi connectivity index (χ0n) is 16.5. The average molecular weight is 393 g/mol. The molecule has 6 heteroatoms. The lowest BCUT2D eigenvalue weighted by Gasteiger charge is -2.44. The quantitative estimate of drug-likeness (QED) is 0.850. The Kier molecular flexibility index (Phi) is 4.74. The van der Waals surface area contributed by atoms with Crippen molar-refractivity contribution in [3.63, 3.8) is 0 Å². The van der Waals surface area contributed by atoms with Gasteiger partial charge in [0, 0.05) is 61.2 Å². The summed E-state index contributed by atoms with van der Waals surface area (Å²) in [6, 6.07) is 7.67. The number of nitrogens with zero attached hydrogens (tertiary/aromatic N) is 3. The molecule has 3 aliphatic rings. The molecule has 2 aliphatic heterocycles. The number of pyridine rings is 2. The van der Waals surface area contributed by atoms with Crippen LogP contribution in [0.3, 0.4) is 0 Å². The molecule has 2 atom stereocenters. The average Bonchev–Trinajstić information content (AvgIpc) is 2.75. The molecule has 1 saturated carbocycles. The van der Waals surface area contributed by atoms with Gasteiger partial charge in [-0.05, 0) is 55.7 Å². The topological polar surface area (TPSA) is 75.4 Å². The third kappa shape index (κ3) is 3.50. The van der Waals surface area contributed by atoms with E-state index in [4.69, 9.17) is 0 Å².